The molecule has 18 heavy (non-hydrogen) atoms. The van der Waals surface area contributed by atoms with Crippen LogP contribution in [0.2, 0.25) is 0 Å². The third kappa shape index (κ3) is 3.02. The Morgan fingerprint density at radius 2 is 2.44 bits per heavy atom. The summed E-state index contributed by atoms with van der Waals surface area (Å²) in [6.45, 7) is 7.40. The molecule has 0 radical (unpaired) electrons. The maximum Gasteiger partial charge on any atom is 0.185 e. The van der Waals surface area contributed by atoms with Gasteiger partial charge in [-0.25, -0.2) is 4.98 Å². The molecule has 1 N–H and O–H groups in total. The molecular weight excluding hydrogens is 246 g/mol. The van der Waals surface area contributed by atoms with E-state index < -0.39 is 6.10 Å². The average Bonchev–Trinajstić information content (AvgIpc) is 2.96. The fourth-order valence-corrected chi connectivity index (χ4v) is 3.38. The number of anilines is 1. The minimum Gasteiger partial charge on any atom is -0.388 e. The summed E-state index contributed by atoms with van der Waals surface area (Å²) in [5.41, 5.74) is 0. The topological polar surface area (TPSA) is 39.6 Å². The molecule has 2 heterocycles. The van der Waals surface area contributed by atoms with Crippen LogP contribution in [0.4, 0.5) is 5.13 Å². The Morgan fingerprint density at radius 1 is 1.67 bits per heavy atom. The van der Waals surface area contributed by atoms with Gasteiger partial charge in [0.15, 0.2) is 5.13 Å². The molecule has 102 valence electrons. The molecule has 1 aromatic rings. The van der Waals surface area contributed by atoms with E-state index in [1.165, 1.54) is 19.4 Å². The molecule has 0 aliphatic carbocycles. The highest BCUT2D eigenvalue weighted by Crippen LogP contribution is 2.27. The molecule has 2 rings (SSSR count). The number of aliphatic hydroxyl groups is 1. The molecule has 2 unspecified atom stereocenters. The minimum atomic E-state index is -0.414. The Balaban J connectivity index is 1.96. The first-order chi connectivity index (χ1) is 8.61. The van der Waals surface area contributed by atoms with E-state index in [4.69, 9.17) is 0 Å². The van der Waals surface area contributed by atoms with Gasteiger partial charge in [0.2, 0.25) is 0 Å². The molecule has 0 aromatic carbocycles. The van der Waals surface area contributed by atoms with Crippen molar-refractivity contribution in [3.05, 3.63) is 11.1 Å². The van der Waals surface area contributed by atoms with Crippen molar-refractivity contribution in [2.75, 3.05) is 31.6 Å². The second-order valence-electron chi connectivity index (χ2n) is 5.03. The highest BCUT2D eigenvalue weighted by atomic mass is 32.1. The normalized spacial score (nSPS) is 22.3. The van der Waals surface area contributed by atoms with E-state index in [0.29, 0.717) is 6.04 Å². The number of nitrogens with zero attached hydrogens (tertiary/aromatic N) is 3. The smallest absolute Gasteiger partial charge is 0.185 e. The monoisotopic (exact) mass is 269 g/mol. The summed E-state index contributed by atoms with van der Waals surface area (Å²) in [5, 5.41) is 10.5. The Kier molecular flexibility index (Phi) is 4.59. The molecule has 1 saturated heterocycles. The summed E-state index contributed by atoms with van der Waals surface area (Å²) < 4.78 is 0. The maximum absolute atomic E-state index is 9.53. The van der Waals surface area contributed by atoms with Crippen LogP contribution in [-0.4, -0.2) is 47.7 Å². The number of hydrogen-bond donors (Lipinski definition) is 1. The largest absolute Gasteiger partial charge is 0.388 e. The van der Waals surface area contributed by atoms with Crippen LogP contribution in [0.3, 0.4) is 0 Å². The molecule has 1 aromatic heterocycles. The molecule has 1 aliphatic heterocycles. The highest BCUT2D eigenvalue weighted by molar-refractivity contribution is 7.15. The predicted octanol–water partition coefficient (Wildman–Crippen LogP) is 2.12. The van der Waals surface area contributed by atoms with Crippen molar-refractivity contribution in [3.63, 3.8) is 0 Å². The summed E-state index contributed by atoms with van der Waals surface area (Å²) in [6.07, 6.45) is 3.96. The van der Waals surface area contributed by atoms with Crippen LogP contribution in [0, 0.1) is 0 Å². The van der Waals surface area contributed by atoms with Gasteiger partial charge in [-0.2, -0.15) is 0 Å². The Bertz CT molecular complexity index is 380. The quantitative estimate of drug-likeness (QED) is 0.889. The second-order valence-corrected chi connectivity index (χ2v) is 6.07. The Labute approximate surface area is 113 Å². The molecule has 5 heteroatoms. The lowest BCUT2D eigenvalue weighted by molar-refractivity contribution is 0.203. The van der Waals surface area contributed by atoms with Gasteiger partial charge in [0, 0.05) is 25.8 Å². The van der Waals surface area contributed by atoms with Gasteiger partial charge in [0.1, 0.15) is 0 Å². The molecular formula is C13H23N3OS. The number of aliphatic hydroxyl groups excluding tert-OH is 1. The molecule has 0 bridgehead atoms. The summed E-state index contributed by atoms with van der Waals surface area (Å²) in [4.78, 5) is 10.1. The Hall–Kier alpha value is -0.650. The van der Waals surface area contributed by atoms with Gasteiger partial charge < -0.3 is 10.0 Å². The van der Waals surface area contributed by atoms with Crippen molar-refractivity contribution in [2.24, 2.45) is 0 Å². The average molecular weight is 269 g/mol. The summed E-state index contributed by atoms with van der Waals surface area (Å²) >= 11 is 1.59. The highest BCUT2D eigenvalue weighted by Gasteiger charge is 2.24. The lowest BCUT2D eigenvalue weighted by Gasteiger charge is -2.27. The molecule has 2 atom stereocenters. The van der Waals surface area contributed by atoms with Gasteiger partial charge in [0.25, 0.3) is 0 Å². The molecule has 4 nitrogen and oxygen atoms in total. The van der Waals surface area contributed by atoms with Crippen LogP contribution in [0.15, 0.2) is 6.20 Å². The number of thiazole rings is 1. The first kappa shape index (κ1) is 13.8. The van der Waals surface area contributed by atoms with Gasteiger partial charge in [0.05, 0.1) is 11.0 Å². The third-order valence-electron chi connectivity index (χ3n) is 3.64. The number of hydrogen-bond acceptors (Lipinski definition) is 5. The van der Waals surface area contributed by atoms with Crippen LogP contribution in [0.5, 0.6) is 0 Å². The van der Waals surface area contributed by atoms with Gasteiger partial charge >= 0.3 is 0 Å². The first-order valence-electron chi connectivity index (χ1n) is 6.70. The third-order valence-corrected chi connectivity index (χ3v) is 4.92. The maximum atomic E-state index is 9.53. The van der Waals surface area contributed by atoms with Crippen LogP contribution < -0.4 is 4.90 Å². The lowest BCUT2D eigenvalue weighted by Crippen LogP contribution is -2.38. The number of likely N-dealkylation sites (tertiary alicyclic amines) is 1. The van der Waals surface area contributed by atoms with Crippen molar-refractivity contribution >= 4 is 16.5 Å². The number of likely N-dealkylation sites (N-methyl/N-ethyl adjacent to an activating group) is 2. The van der Waals surface area contributed by atoms with Crippen molar-refractivity contribution in [1.82, 2.24) is 9.88 Å². The van der Waals surface area contributed by atoms with E-state index in [9.17, 15) is 5.11 Å². The van der Waals surface area contributed by atoms with Crippen LogP contribution >= 0.6 is 11.3 Å². The summed E-state index contributed by atoms with van der Waals surface area (Å²) in [7, 11) is 2.09. The molecule has 0 spiro atoms. The fraction of sp³-hybridized carbons (Fsp3) is 0.769. The van der Waals surface area contributed by atoms with Gasteiger partial charge in [-0.1, -0.05) is 18.3 Å². The zero-order chi connectivity index (χ0) is 13.1. The van der Waals surface area contributed by atoms with Crippen LogP contribution in [0.25, 0.3) is 0 Å². The summed E-state index contributed by atoms with van der Waals surface area (Å²) in [6, 6.07) is 0.652. The van der Waals surface area contributed by atoms with Crippen LogP contribution in [-0.2, 0) is 0 Å². The van der Waals surface area contributed by atoms with E-state index >= 15 is 0 Å². The lowest BCUT2D eigenvalue weighted by atomic mass is 10.2. The minimum absolute atomic E-state index is 0.414. The van der Waals surface area contributed by atoms with Gasteiger partial charge in [-0.15, -0.1) is 0 Å². The van der Waals surface area contributed by atoms with Crippen molar-refractivity contribution < 1.29 is 5.11 Å². The Morgan fingerprint density at radius 3 is 3.06 bits per heavy atom. The molecule has 1 aliphatic rings. The molecule has 0 amide bonds. The number of aromatic nitrogens is 1. The van der Waals surface area contributed by atoms with Crippen molar-refractivity contribution in [1.29, 1.82) is 0 Å². The van der Waals surface area contributed by atoms with E-state index in [1.54, 1.807) is 24.5 Å². The van der Waals surface area contributed by atoms with E-state index in [1.807, 2.05) is 0 Å². The summed E-state index contributed by atoms with van der Waals surface area (Å²) in [5.74, 6) is 0. The number of rotatable bonds is 5. The van der Waals surface area contributed by atoms with Crippen molar-refractivity contribution in [3.8, 4) is 0 Å². The van der Waals surface area contributed by atoms with E-state index in [2.05, 4.69) is 28.8 Å². The van der Waals surface area contributed by atoms with E-state index in [-0.39, 0.29) is 0 Å². The fourth-order valence-electron chi connectivity index (χ4n) is 2.56. The van der Waals surface area contributed by atoms with Crippen LogP contribution in [0.1, 0.15) is 37.7 Å². The van der Waals surface area contributed by atoms with Gasteiger partial charge in [-0.05, 0) is 32.9 Å². The van der Waals surface area contributed by atoms with E-state index in [0.717, 1.165) is 23.1 Å². The standard InChI is InChI=1S/C13H23N3OS/c1-4-16-7-5-6-11(16)9-15(3)13-14-8-12(18-13)10(2)17/h8,10-11,17H,4-7,9H2,1-3H3. The van der Waals surface area contributed by atoms with Crippen molar-refractivity contribution in [2.45, 2.75) is 38.8 Å². The SMILES string of the molecule is CCN1CCCC1CN(C)c1ncc(C(C)O)s1. The van der Waals surface area contributed by atoms with Gasteiger partial charge in [-0.3, -0.25) is 4.90 Å². The zero-order valence-electron chi connectivity index (χ0n) is 11.5. The second kappa shape index (κ2) is 5.99. The zero-order valence-corrected chi connectivity index (χ0v) is 12.3. The molecule has 0 saturated carbocycles. The predicted molar refractivity (Wildman–Crippen MR) is 76.3 cm³/mol. The first-order valence-corrected chi connectivity index (χ1v) is 7.52. The molecule has 1 fully saturated rings.